The Morgan fingerprint density at radius 2 is 2.19 bits per heavy atom. The molecule has 3 rings (SSSR count). The van der Waals surface area contributed by atoms with Gasteiger partial charge < -0.3 is 10.1 Å². The standard InChI is InChI=1S/C16H18N2O2S/c1-3-11-9-16(2,20-14(11)19)13-10-21-15(18-13)17-12-7-5-4-6-8-12/h4-8,10-11H,3,9H2,1-2H3,(H,17,18). The minimum Gasteiger partial charge on any atom is -0.453 e. The lowest BCUT2D eigenvalue weighted by Gasteiger charge is -2.19. The van der Waals surface area contributed by atoms with Gasteiger partial charge >= 0.3 is 5.97 Å². The molecule has 1 aromatic carbocycles. The fraction of sp³-hybridized carbons (Fsp3) is 0.375. The predicted molar refractivity (Wildman–Crippen MR) is 83.7 cm³/mol. The molecule has 2 heterocycles. The zero-order chi connectivity index (χ0) is 14.9. The van der Waals surface area contributed by atoms with Crippen molar-refractivity contribution in [3.63, 3.8) is 0 Å². The van der Waals surface area contributed by atoms with Crippen LogP contribution in [-0.2, 0) is 15.1 Å². The molecule has 1 fully saturated rings. The molecule has 2 atom stereocenters. The first-order valence-corrected chi connectivity index (χ1v) is 7.99. The van der Waals surface area contributed by atoms with Gasteiger partial charge in [-0.2, -0.15) is 0 Å². The first-order chi connectivity index (χ1) is 10.1. The summed E-state index contributed by atoms with van der Waals surface area (Å²) in [5, 5.41) is 6.05. The highest BCUT2D eigenvalue weighted by molar-refractivity contribution is 7.13. The molecule has 110 valence electrons. The van der Waals surface area contributed by atoms with Crippen LogP contribution < -0.4 is 5.32 Å². The molecule has 1 N–H and O–H groups in total. The maximum atomic E-state index is 11.8. The molecule has 2 unspecified atom stereocenters. The molecule has 1 saturated heterocycles. The largest absolute Gasteiger partial charge is 0.453 e. The number of hydrogen-bond acceptors (Lipinski definition) is 5. The van der Waals surface area contributed by atoms with Gasteiger partial charge in [0.2, 0.25) is 0 Å². The highest BCUT2D eigenvalue weighted by Gasteiger charge is 2.45. The van der Waals surface area contributed by atoms with Gasteiger partial charge in [0, 0.05) is 17.5 Å². The van der Waals surface area contributed by atoms with E-state index in [0.717, 1.165) is 22.9 Å². The first kappa shape index (κ1) is 14.1. The topological polar surface area (TPSA) is 51.2 Å². The van der Waals surface area contributed by atoms with Gasteiger partial charge in [0.25, 0.3) is 0 Å². The van der Waals surface area contributed by atoms with Gasteiger partial charge in [-0.05, 0) is 25.5 Å². The fourth-order valence-electron chi connectivity index (χ4n) is 2.59. The highest BCUT2D eigenvalue weighted by atomic mass is 32.1. The van der Waals surface area contributed by atoms with E-state index in [1.54, 1.807) is 0 Å². The molecule has 0 aliphatic carbocycles. The van der Waals surface area contributed by atoms with Crippen molar-refractivity contribution < 1.29 is 9.53 Å². The average molecular weight is 302 g/mol. The van der Waals surface area contributed by atoms with Crippen molar-refractivity contribution in [2.45, 2.75) is 32.3 Å². The van der Waals surface area contributed by atoms with Crippen molar-refractivity contribution in [3.05, 3.63) is 41.4 Å². The maximum Gasteiger partial charge on any atom is 0.310 e. The Bertz CT molecular complexity index is 641. The summed E-state index contributed by atoms with van der Waals surface area (Å²) in [6.45, 7) is 3.96. The van der Waals surface area contributed by atoms with Crippen molar-refractivity contribution >= 4 is 28.1 Å². The summed E-state index contributed by atoms with van der Waals surface area (Å²) in [5.74, 6) is -0.118. The minimum atomic E-state index is -0.592. The van der Waals surface area contributed by atoms with E-state index in [2.05, 4.69) is 10.3 Å². The van der Waals surface area contributed by atoms with E-state index in [1.807, 2.05) is 49.6 Å². The molecule has 0 bridgehead atoms. The van der Waals surface area contributed by atoms with Gasteiger partial charge in [-0.25, -0.2) is 4.98 Å². The third kappa shape index (κ3) is 2.78. The van der Waals surface area contributed by atoms with E-state index in [-0.39, 0.29) is 11.9 Å². The lowest BCUT2D eigenvalue weighted by Crippen LogP contribution is -2.21. The van der Waals surface area contributed by atoms with Gasteiger partial charge in [-0.3, -0.25) is 4.79 Å². The van der Waals surface area contributed by atoms with E-state index >= 15 is 0 Å². The minimum absolute atomic E-state index is 0.0118. The fourth-order valence-corrected chi connectivity index (χ4v) is 3.44. The number of nitrogens with zero attached hydrogens (tertiary/aromatic N) is 1. The number of ether oxygens (including phenoxy) is 1. The Morgan fingerprint density at radius 3 is 2.86 bits per heavy atom. The first-order valence-electron chi connectivity index (χ1n) is 7.11. The van der Waals surface area contributed by atoms with Crippen LogP contribution >= 0.6 is 11.3 Å². The van der Waals surface area contributed by atoms with Crippen LogP contribution in [0.2, 0.25) is 0 Å². The van der Waals surface area contributed by atoms with Crippen LogP contribution in [0.1, 0.15) is 32.4 Å². The Kier molecular flexibility index (Phi) is 3.68. The number of rotatable bonds is 4. The van der Waals surface area contributed by atoms with E-state index in [4.69, 9.17) is 4.74 Å². The molecule has 1 aliphatic heterocycles. The molecular formula is C16H18N2O2S. The molecule has 0 saturated carbocycles. The molecule has 1 aliphatic rings. The van der Waals surface area contributed by atoms with E-state index in [9.17, 15) is 4.79 Å². The van der Waals surface area contributed by atoms with Gasteiger partial charge in [-0.1, -0.05) is 25.1 Å². The number of cyclic esters (lactones) is 1. The van der Waals surface area contributed by atoms with Crippen LogP contribution in [0.15, 0.2) is 35.7 Å². The molecule has 21 heavy (non-hydrogen) atoms. The number of nitrogens with one attached hydrogen (secondary N) is 1. The van der Waals surface area contributed by atoms with Crippen molar-refractivity contribution in [2.24, 2.45) is 5.92 Å². The summed E-state index contributed by atoms with van der Waals surface area (Å²) in [4.78, 5) is 16.4. The van der Waals surface area contributed by atoms with Gasteiger partial charge in [0.05, 0.1) is 11.6 Å². The van der Waals surface area contributed by atoms with E-state index in [0.29, 0.717) is 6.42 Å². The van der Waals surface area contributed by atoms with Crippen LogP contribution in [0.3, 0.4) is 0 Å². The monoisotopic (exact) mass is 302 g/mol. The summed E-state index contributed by atoms with van der Waals surface area (Å²) in [6, 6.07) is 9.91. The second-order valence-electron chi connectivity index (χ2n) is 5.49. The SMILES string of the molecule is CCC1CC(C)(c2csc(Nc3ccccc3)n2)OC1=O. The van der Waals surface area contributed by atoms with Crippen LogP contribution in [0.25, 0.3) is 0 Å². The molecule has 5 heteroatoms. The summed E-state index contributed by atoms with van der Waals surface area (Å²) in [5.41, 5.74) is 1.24. The number of aromatic nitrogens is 1. The summed E-state index contributed by atoms with van der Waals surface area (Å²) in [7, 11) is 0. The highest BCUT2D eigenvalue weighted by Crippen LogP contribution is 2.41. The summed E-state index contributed by atoms with van der Waals surface area (Å²) in [6.07, 6.45) is 1.52. The second-order valence-corrected chi connectivity index (χ2v) is 6.35. The van der Waals surface area contributed by atoms with Crippen LogP contribution in [-0.4, -0.2) is 11.0 Å². The van der Waals surface area contributed by atoms with Crippen molar-refractivity contribution in [1.82, 2.24) is 4.98 Å². The Balaban J connectivity index is 1.78. The molecule has 1 aromatic heterocycles. The third-order valence-corrected chi connectivity index (χ3v) is 4.62. The zero-order valence-electron chi connectivity index (χ0n) is 12.1. The Labute approximate surface area is 128 Å². The van der Waals surface area contributed by atoms with Crippen LogP contribution in [0, 0.1) is 5.92 Å². The molecule has 0 amide bonds. The molecule has 4 nitrogen and oxygen atoms in total. The Morgan fingerprint density at radius 1 is 1.43 bits per heavy atom. The summed E-state index contributed by atoms with van der Waals surface area (Å²) >= 11 is 1.53. The molecule has 2 aromatic rings. The number of hydrogen-bond donors (Lipinski definition) is 1. The number of carbonyl (C=O) groups excluding carboxylic acids is 1. The van der Waals surface area contributed by atoms with E-state index in [1.165, 1.54) is 11.3 Å². The van der Waals surface area contributed by atoms with Crippen molar-refractivity contribution in [3.8, 4) is 0 Å². The van der Waals surface area contributed by atoms with Gasteiger partial charge in [0.15, 0.2) is 10.7 Å². The number of para-hydroxylation sites is 1. The van der Waals surface area contributed by atoms with Crippen molar-refractivity contribution in [2.75, 3.05) is 5.32 Å². The summed E-state index contributed by atoms with van der Waals surface area (Å²) < 4.78 is 5.58. The van der Waals surface area contributed by atoms with Crippen LogP contribution in [0.4, 0.5) is 10.8 Å². The smallest absolute Gasteiger partial charge is 0.310 e. The third-order valence-electron chi connectivity index (χ3n) is 3.86. The maximum absolute atomic E-state index is 11.8. The van der Waals surface area contributed by atoms with Crippen LogP contribution in [0.5, 0.6) is 0 Å². The number of esters is 1. The number of carbonyl (C=O) groups is 1. The number of benzene rings is 1. The molecular weight excluding hydrogens is 284 g/mol. The second kappa shape index (κ2) is 5.48. The Hall–Kier alpha value is -1.88. The average Bonchev–Trinajstić information content (AvgIpc) is 3.05. The normalized spacial score (nSPS) is 24.9. The van der Waals surface area contributed by atoms with Gasteiger partial charge in [0.1, 0.15) is 0 Å². The lowest BCUT2D eigenvalue weighted by atomic mass is 9.92. The quantitative estimate of drug-likeness (QED) is 0.865. The van der Waals surface area contributed by atoms with Crippen molar-refractivity contribution in [1.29, 1.82) is 0 Å². The zero-order valence-corrected chi connectivity index (χ0v) is 12.9. The lowest BCUT2D eigenvalue weighted by molar-refractivity contribution is -0.150. The number of thiazole rings is 1. The molecule has 0 spiro atoms. The number of anilines is 2. The van der Waals surface area contributed by atoms with Gasteiger partial charge in [-0.15, -0.1) is 11.3 Å². The predicted octanol–water partition coefficient (Wildman–Crippen LogP) is 4.08. The van der Waals surface area contributed by atoms with E-state index < -0.39 is 5.60 Å². The molecule has 0 radical (unpaired) electrons.